The number of carbonyl (C=O) groups excluding carboxylic acids is 1. The van der Waals surface area contributed by atoms with Crippen molar-refractivity contribution in [1.82, 2.24) is 19.3 Å². The summed E-state index contributed by atoms with van der Waals surface area (Å²) in [5.74, 6) is -1.91. The Morgan fingerprint density at radius 2 is 1.96 bits per heavy atom. The predicted octanol–water partition coefficient (Wildman–Crippen LogP) is 2.88. The van der Waals surface area contributed by atoms with Crippen LogP contribution in [0, 0.1) is 17.6 Å². The molecule has 0 unspecified atom stereocenters. The van der Waals surface area contributed by atoms with Crippen molar-refractivity contribution >= 4 is 22.8 Å². The summed E-state index contributed by atoms with van der Waals surface area (Å²) in [5.41, 5.74) is 0.661. The van der Waals surface area contributed by atoms with Gasteiger partial charge in [-0.2, -0.15) is 5.10 Å². The molecule has 8 heteroatoms. The summed E-state index contributed by atoms with van der Waals surface area (Å²) in [6, 6.07) is 3.12. The molecule has 0 saturated carbocycles. The van der Waals surface area contributed by atoms with Crippen molar-refractivity contribution in [2.45, 2.75) is 19.9 Å². The fraction of sp³-hybridized carbons (Fsp3) is 0.312. The van der Waals surface area contributed by atoms with Crippen LogP contribution in [0.2, 0.25) is 0 Å². The zero-order chi connectivity index (χ0) is 17.4. The van der Waals surface area contributed by atoms with Crippen LogP contribution in [0.4, 0.5) is 14.6 Å². The van der Waals surface area contributed by atoms with Gasteiger partial charge in [-0.15, -0.1) is 0 Å². The lowest BCUT2D eigenvalue weighted by molar-refractivity contribution is -0.120. The second kappa shape index (κ2) is 6.03. The van der Waals surface area contributed by atoms with Crippen LogP contribution in [0.1, 0.15) is 19.9 Å². The number of carbonyl (C=O) groups is 1. The molecule has 1 N–H and O–H groups in total. The van der Waals surface area contributed by atoms with Crippen molar-refractivity contribution in [3.05, 3.63) is 42.4 Å². The predicted molar refractivity (Wildman–Crippen MR) is 85.4 cm³/mol. The molecule has 0 saturated heterocycles. The zero-order valence-electron chi connectivity index (χ0n) is 13.5. The SMILES string of the molecule is CC(C)[C@H](C(=O)Nc1ccn(C)n1)n1cnc2cc(F)c(F)cc21. The van der Waals surface area contributed by atoms with Crippen molar-refractivity contribution in [1.29, 1.82) is 0 Å². The fourth-order valence-electron chi connectivity index (χ4n) is 2.68. The number of hydrogen-bond donors (Lipinski definition) is 1. The summed E-state index contributed by atoms with van der Waals surface area (Å²) < 4.78 is 30.1. The fourth-order valence-corrected chi connectivity index (χ4v) is 2.68. The molecule has 1 amide bonds. The van der Waals surface area contributed by atoms with Gasteiger partial charge >= 0.3 is 0 Å². The lowest BCUT2D eigenvalue weighted by Gasteiger charge is -2.22. The van der Waals surface area contributed by atoms with E-state index in [4.69, 9.17) is 0 Å². The topological polar surface area (TPSA) is 64.7 Å². The molecule has 0 fully saturated rings. The van der Waals surface area contributed by atoms with Crippen molar-refractivity contribution < 1.29 is 13.6 Å². The highest BCUT2D eigenvalue weighted by Crippen LogP contribution is 2.26. The average molecular weight is 333 g/mol. The number of anilines is 1. The number of imidazole rings is 1. The number of rotatable bonds is 4. The first kappa shape index (κ1) is 16.1. The minimum Gasteiger partial charge on any atom is -0.318 e. The number of aromatic nitrogens is 4. The van der Waals surface area contributed by atoms with Gasteiger partial charge in [-0.3, -0.25) is 9.48 Å². The highest BCUT2D eigenvalue weighted by Gasteiger charge is 2.26. The quantitative estimate of drug-likeness (QED) is 0.798. The average Bonchev–Trinajstić information content (AvgIpc) is 3.07. The monoisotopic (exact) mass is 333 g/mol. The van der Waals surface area contributed by atoms with E-state index < -0.39 is 17.7 Å². The van der Waals surface area contributed by atoms with Crippen molar-refractivity contribution in [2.75, 3.05) is 5.32 Å². The Morgan fingerprint density at radius 1 is 1.25 bits per heavy atom. The summed E-state index contributed by atoms with van der Waals surface area (Å²) in [6.45, 7) is 3.74. The van der Waals surface area contributed by atoms with Crippen LogP contribution in [0.5, 0.6) is 0 Å². The Bertz CT molecular complexity index is 899. The van der Waals surface area contributed by atoms with Crippen LogP contribution < -0.4 is 5.32 Å². The van der Waals surface area contributed by atoms with Crippen LogP contribution in [0.15, 0.2) is 30.7 Å². The second-order valence-corrected chi connectivity index (χ2v) is 5.96. The molecule has 0 bridgehead atoms. The summed E-state index contributed by atoms with van der Waals surface area (Å²) in [4.78, 5) is 16.8. The van der Waals surface area contributed by atoms with Gasteiger partial charge in [-0.1, -0.05) is 13.8 Å². The standard InChI is InChI=1S/C16H17F2N5O/c1-9(2)15(16(24)20-14-4-5-22(3)21-14)23-8-19-12-6-10(17)11(18)7-13(12)23/h4-9,15H,1-3H3,(H,20,21,24)/t15-/m1/s1. The van der Waals surface area contributed by atoms with Gasteiger partial charge in [-0.05, 0) is 5.92 Å². The van der Waals surface area contributed by atoms with Crippen LogP contribution in [-0.4, -0.2) is 25.2 Å². The van der Waals surface area contributed by atoms with E-state index in [2.05, 4.69) is 15.4 Å². The molecule has 24 heavy (non-hydrogen) atoms. The van der Waals surface area contributed by atoms with Gasteiger partial charge in [0.1, 0.15) is 6.04 Å². The number of halogens is 2. The lowest BCUT2D eigenvalue weighted by Crippen LogP contribution is -2.29. The molecule has 6 nitrogen and oxygen atoms in total. The number of hydrogen-bond acceptors (Lipinski definition) is 3. The Kier molecular flexibility index (Phi) is 4.04. The number of fused-ring (bicyclic) bond motifs is 1. The van der Waals surface area contributed by atoms with Gasteiger partial charge in [0.05, 0.1) is 17.4 Å². The first-order chi connectivity index (χ1) is 11.4. The highest BCUT2D eigenvalue weighted by atomic mass is 19.2. The maximum atomic E-state index is 13.6. The van der Waals surface area contributed by atoms with Crippen molar-refractivity contribution in [2.24, 2.45) is 13.0 Å². The molecule has 126 valence electrons. The summed E-state index contributed by atoms with van der Waals surface area (Å²) in [7, 11) is 1.75. The third-order valence-corrected chi connectivity index (χ3v) is 3.78. The van der Waals surface area contributed by atoms with Gasteiger partial charge in [-0.25, -0.2) is 13.8 Å². The van der Waals surface area contributed by atoms with Gasteiger partial charge in [0.25, 0.3) is 0 Å². The smallest absolute Gasteiger partial charge is 0.248 e. The molecule has 0 aliphatic rings. The number of nitrogens with zero attached hydrogens (tertiary/aromatic N) is 4. The molecule has 1 aromatic carbocycles. The molecule has 0 radical (unpaired) electrons. The van der Waals surface area contributed by atoms with E-state index in [-0.39, 0.29) is 11.8 Å². The number of benzene rings is 1. The van der Waals surface area contributed by atoms with E-state index in [9.17, 15) is 13.6 Å². The molecular weight excluding hydrogens is 316 g/mol. The van der Waals surface area contributed by atoms with E-state index in [1.54, 1.807) is 28.6 Å². The number of nitrogens with one attached hydrogen (secondary N) is 1. The van der Waals surface area contributed by atoms with Gasteiger partial charge in [0.2, 0.25) is 5.91 Å². The van der Waals surface area contributed by atoms with Crippen LogP contribution in [-0.2, 0) is 11.8 Å². The third-order valence-electron chi connectivity index (χ3n) is 3.78. The van der Waals surface area contributed by atoms with E-state index in [0.717, 1.165) is 12.1 Å². The van der Waals surface area contributed by atoms with Crippen LogP contribution >= 0.6 is 0 Å². The van der Waals surface area contributed by atoms with E-state index in [0.29, 0.717) is 16.9 Å². The minimum absolute atomic E-state index is 0.0979. The first-order valence-electron chi connectivity index (χ1n) is 7.49. The Balaban J connectivity index is 1.99. The molecule has 2 aromatic heterocycles. The first-order valence-corrected chi connectivity index (χ1v) is 7.49. The Hall–Kier alpha value is -2.77. The number of amides is 1. The number of aryl methyl sites for hydroxylation is 1. The largest absolute Gasteiger partial charge is 0.318 e. The maximum absolute atomic E-state index is 13.6. The van der Waals surface area contributed by atoms with Gasteiger partial charge in [0, 0.05) is 31.4 Å². The van der Waals surface area contributed by atoms with Crippen molar-refractivity contribution in [3.63, 3.8) is 0 Å². The van der Waals surface area contributed by atoms with E-state index in [1.807, 2.05) is 13.8 Å². The summed E-state index contributed by atoms with van der Waals surface area (Å²) >= 11 is 0. The van der Waals surface area contributed by atoms with E-state index >= 15 is 0 Å². The molecule has 3 rings (SSSR count). The molecule has 2 heterocycles. The summed E-state index contributed by atoms with van der Waals surface area (Å²) in [5, 5.41) is 6.85. The Labute approximate surface area is 137 Å². The molecule has 1 atom stereocenters. The van der Waals surface area contributed by atoms with Crippen molar-refractivity contribution in [3.8, 4) is 0 Å². The summed E-state index contributed by atoms with van der Waals surface area (Å²) in [6.07, 6.45) is 3.14. The molecule has 0 aliphatic heterocycles. The minimum atomic E-state index is -0.975. The normalized spacial score (nSPS) is 12.8. The van der Waals surface area contributed by atoms with Crippen LogP contribution in [0.25, 0.3) is 11.0 Å². The van der Waals surface area contributed by atoms with E-state index in [1.165, 1.54) is 6.33 Å². The molecule has 0 aliphatic carbocycles. The van der Waals surface area contributed by atoms with Gasteiger partial charge < -0.3 is 9.88 Å². The van der Waals surface area contributed by atoms with Crippen LogP contribution in [0.3, 0.4) is 0 Å². The van der Waals surface area contributed by atoms with Gasteiger partial charge in [0.15, 0.2) is 17.5 Å². The lowest BCUT2D eigenvalue weighted by atomic mass is 10.0. The molecule has 3 aromatic rings. The Morgan fingerprint density at radius 3 is 2.58 bits per heavy atom. The maximum Gasteiger partial charge on any atom is 0.248 e. The highest BCUT2D eigenvalue weighted by molar-refractivity contribution is 5.94. The third kappa shape index (κ3) is 2.86. The molecule has 0 spiro atoms. The molecular formula is C16H17F2N5O. The zero-order valence-corrected chi connectivity index (χ0v) is 13.5. The second-order valence-electron chi connectivity index (χ2n) is 5.96.